The van der Waals surface area contributed by atoms with Crippen LogP contribution < -0.4 is 10.2 Å². The van der Waals surface area contributed by atoms with Gasteiger partial charge in [-0.25, -0.2) is 4.39 Å². The summed E-state index contributed by atoms with van der Waals surface area (Å²) in [6.45, 7) is 2.34. The first-order chi connectivity index (χ1) is 13.6. The van der Waals surface area contributed by atoms with E-state index in [1.54, 1.807) is 6.07 Å². The van der Waals surface area contributed by atoms with Crippen LogP contribution in [0.5, 0.6) is 0 Å². The number of ketones is 1. The number of furan rings is 1. The van der Waals surface area contributed by atoms with Crippen LogP contribution >= 0.6 is 0 Å². The van der Waals surface area contributed by atoms with Gasteiger partial charge >= 0.3 is 0 Å². The van der Waals surface area contributed by atoms with Crippen molar-refractivity contribution in [2.75, 3.05) is 25.0 Å². The van der Waals surface area contributed by atoms with Crippen LogP contribution in [0.15, 0.2) is 52.9 Å². The molecule has 0 spiro atoms. The Hall–Kier alpha value is -2.99. The predicted molar refractivity (Wildman–Crippen MR) is 104 cm³/mol. The minimum atomic E-state index is -0.417. The van der Waals surface area contributed by atoms with Crippen LogP contribution in [0.3, 0.4) is 0 Å². The van der Waals surface area contributed by atoms with Crippen LogP contribution in [0, 0.1) is 5.82 Å². The first-order valence-electron chi connectivity index (χ1n) is 9.57. The van der Waals surface area contributed by atoms with E-state index in [1.165, 1.54) is 35.6 Å². The fourth-order valence-corrected chi connectivity index (χ4v) is 3.70. The van der Waals surface area contributed by atoms with Crippen LogP contribution in [0.25, 0.3) is 11.0 Å². The number of para-hydroxylation sites is 1. The standard InChI is InChI=1S/C22H21FN2O3/c23-16-10-8-15(9-11-16)21(27)22-20(17-6-2-3-7-18(17)28-22)24-19(26)14-25-12-4-1-5-13-25/h2-3,6-11H,1,4-5,12-14H2,(H,24,26)/p+1. The molecule has 2 aromatic carbocycles. The molecule has 6 heteroatoms. The summed E-state index contributed by atoms with van der Waals surface area (Å²) in [7, 11) is 0. The molecular formula is C22H22FN2O3+. The summed E-state index contributed by atoms with van der Waals surface area (Å²) in [4.78, 5) is 26.8. The molecule has 1 aromatic heterocycles. The van der Waals surface area contributed by atoms with Crippen molar-refractivity contribution in [3.8, 4) is 0 Å². The summed E-state index contributed by atoms with van der Waals surface area (Å²) < 4.78 is 19.0. The van der Waals surface area contributed by atoms with E-state index in [4.69, 9.17) is 4.42 Å². The van der Waals surface area contributed by atoms with Crippen molar-refractivity contribution in [2.45, 2.75) is 19.3 Å². The number of rotatable bonds is 5. The third-order valence-corrected chi connectivity index (χ3v) is 5.14. The molecule has 4 rings (SSSR count). The van der Waals surface area contributed by atoms with Gasteiger partial charge in [-0.1, -0.05) is 12.1 Å². The molecule has 0 aliphatic carbocycles. The van der Waals surface area contributed by atoms with Gasteiger partial charge in [-0.15, -0.1) is 0 Å². The predicted octanol–water partition coefficient (Wildman–Crippen LogP) is 2.81. The van der Waals surface area contributed by atoms with Crippen molar-refractivity contribution in [1.29, 1.82) is 0 Å². The molecule has 5 nitrogen and oxygen atoms in total. The topological polar surface area (TPSA) is 63.8 Å². The Kier molecular flexibility index (Phi) is 5.21. The Morgan fingerprint density at radius 1 is 1.00 bits per heavy atom. The lowest BCUT2D eigenvalue weighted by Gasteiger charge is -2.22. The van der Waals surface area contributed by atoms with Crippen LogP contribution in [0.2, 0.25) is 0 Å². The van der Waals surface area contributed by atoms with Crippen LogP contribution in [-0.4, -0.2) is 31.3 Å². The molecule has 0 unspecified atom stereocenters. The normalized spacial score (nSPS) is 14.9. The molecule has 1 amide bonds. The number of fused-ring (bicyclic) bond motifs is 1. The number of amides is 1. The highest BCUT2D eigenvalue weighted by molar-refractivity contribution is 6.17. The highest BCUT2D eigenvalue weighted by atomic mass is 19.1. The van der Waals surface area contributed by atoms with E-state index in [2.05, 4.69) is 5.32 Å². The monoisotopic (exact) mass is 381 g/mol. The fourth-order valence-electron chi connectivity index (χ4n) is 3.70. The first-order valence-corrected chi connectivity index (χ1v) is 9.57. The molecule has 0 bridgehead atoms. The molecule has 0 atom stereocenters. The van der Waals surface area contributed by atoms with Gasteiger partial charge < -0.3 is 14.6 Å². The smallest absolute Gasteiger partial charge is 0.279 e. The number of hydrogen-bond acceptors (Lipinski definition) is 3. The Labute approximate surface area is 162 Å². The first kappa shape index (κ1) is 18.4. The number of anilines is 1. The van der Waals surface area contributed by atoms with Gasteiger partial charge in [-0.3, -0.25) is 9.59 Å². The van der Waals surface area contributed by atoms with E-state index in [1.807, 2.05) is 18.2 Å². The van der Waals surface area contributed by atoms with Crippen molar-refractivity contribution in [2.24, 2.45) is 0 Å². The molecule has 2 N–H and O–H groups in total. The summed E-state index contributed by atoms with van der Waals surface area (Å²) in [5, 5.41) is 3.57. The summed E-state index contributed by atoms with van der Waals surface area (Å²) in [5.41, 5.74) is 1.21. The zero-order chi connectivity index (χ0) is 19.5. The van der Waals surface area contributed by atoms with Crippen LogP contribution in [0.1, 0.15) is 35.4 Å². The van der Waals surface area contributed by atoms with Crippen LogP contribution in [-0.2, 0) is 4.79 Å². The number of hydrogen-bond donors (Lipinski definition) is 2. The number of nitrogens with one attached hydrogen (secondary N) is 2. The number of likely N-dealkylation sites (tertiary alicyclic amines) is 1. The number of carbonyl (C=O) groups is 2. The third kappa shape index (κ3) is 3.82. The maximum absolute atomic E-state index is 13.2. The molecule has 0 radical (unpaired) electrons. The quantitative estimate of drug-likeness (QED) is 0.668. The number of carbonyl (C=O) groups excluding carboxylic acids is 2. The van der Waals surface area contributed by atoms with Gasteiger partial charge in [0.15, 0.2) is 12.3 Å². The number of piperidine rings is 1. The van der Waals surface area contributed by atoms with Crippen molar-refractivity contribution in [3.05, 3.63) is 65.7 Å². The molecule has 3 aromatic rings. The maximum Gasteiger partial charge on any atom is 0.279 e. The molecule has 1 aliphatic rings. The average molecular weight is 381 g/mol. The summed E-state index contributed by atoms with van der Waals surface area (Å²) in [6.07, 6.45) is 3.48. The van der Waals surface area contributed by atoms with Crippen molar-refractivity contribution >= 4 is 28.3 Å². The number of quaternary nitrogens is 1. The summed E-state index contributed by atoms with van der Waals surface area (Å²) in [5.74, 6) is -0.887. The SMILES string of the molecule is O=C(C[NH+]1CCCCC1)Nc1c(C(=O)c2ccc(F)cc2)oc2ccccc12. The minimum absolute atomic E-state index is 0.0646. The average Bonchev–Trinajstić information content (AvgIpc) is 3.07. The van der Waals surface area contributed by atoms with E-state index < -0.39 is 11.6 Å². The molecule has 1 fully saturated rings. The zero-order valence-corrected chi connectivity index (χ0v) is 15.5. The molecular weight excluding hydrogens is 359 g/mol. The Balaban J connectivity index is 1.64. The molecule has 1 saturated heterocycles. The minimum Gasteiger partial charge on any atom is -0.450 e. The van der Waals surface area contributed by atoms with Gasteiger partial charge in [0.05, 0.1) is 18.8 Å². The van der Waals surface area contributed by atoms with Gasteiger partial charge in [0, 0.05) is 10.9 Å². The highest BCUT2D eigenvalue weighted by Gasteiger charge is 2.25. The molecule has 2 heterocycles. The molecule has 1 aliphatic heterocycles. The van der Waals surface area contributed by atoms with Gasteiger partial charge in [-0.05, 0) is 55.7 Å². The van der Waals surface area contributed by atoms with E-state index in [-0.39, 0.29) is 11.7 Å². The lowest BCUT2D eigenvalue weighted by molar-refractivity contribution is -0.896. The number of benzene rings is 2. The van der Waals surface area contributed by atoms with Crippen molar-refractivity contribution in [3.63, 3.8) is 0 Å². The number of halogens is 1. The zero-order valence-electron chi connectivity index (χ0n) is 15.5. The molecule has 144 valence electrons. The van der Waals surface area contributed by atoms with Crippen molar-refractivity contribution < 1.29 is 23.3 Å². The summed E-state index contributed by atoms with van der Waals surface area (Å²) in [6, 6.07) is 12.5. The van der Waals surface area contributed by atoms with E-state index >= 15 is 0 Å². The summed E-state index contributed by atoms with van der Waals surface area (Å²) >= 11 is 0. The van der Waals surface area contributed by atoms with Gasteiger partial charge in [0.25, 0.3) is 5.91 Å². The lowest BCUT2D eigenvalue weighted by Crippen LogP contribution is -3.13. The van der Waals surface area contributed by atoms with E-state index in [0.29, 0.717) is 28.8 Å². The second kappa shape index (κ2) is 7.94. The van der Waals surface area contributed by atoms with Gasteiger partial charge in [0.1, 0.15) is 11.4 Å². The van der Waals surface area contributed by atoms with Gasteiger partial charge in [0.2, 0.25) is 5.78 Å². The van der Waals surface area contributed by atoms with E-state index in [9.17, 15) is 14.0 Å². The Morgan fingerprint density at radius 3 is 2.46 bits per heavy atom. The fraction of sp³-hybridized carbons (Fsp3) is 0.273. The second-order valence-electron chi connectivity index (χ2n) is 7.17. The Bertz CT molecular complexity index is 1000. The lowest BCUT2D eigenvalue weighted by atomic mass is 10.1. The van der Waals surface area contributed by atoms with Crippen molar-refractivity contribution in [1.82, 2.24) is 0 Å². The van der Waals surface area contributed by atoms with Gasteiger partial charge in [-0.2, -0.15) is 0 Å². The molecule has 28 heavy (non-hydrogen) atoms. The largest absolute Gasteiger partial charge is 0.450 e. The van der Waals surface area contributed by atoms with E-state index in [0.717, 1.165) is 25.9 Å². The second-order valence-corrected chi connectivity index (χ2v) is 7.17. The highest BCUT2D eigenvalue weighted by Crippen LogP contribution is 2.32. The Morgan fingerprint density at radius 2 is 1.71 bits per heavy atom. The molecule has 0 saturated carbocycles. The van der Waals surface area contributed by atoms with Crippen LogP contribution in [0.4, 0.5) is 10.1 Å². The maximum atomic E-state index is 13.2. The third-order valence-electron chi connectivity index (χ3n) is 5.14.